The van der Waals surface area contributed by atoms with Crippen molar-refractivity contribution in [2.24, 2.45) is 10.9 Å². The van der Waals surface area contributed by atoms with Crippen LogP contribution >= 0.6 is 23.4 Å². The van der Waals surface area contributed by atoms with Crippen LogP contribution in [0.5, 0.6) is 0 Å². The first-order chi connectivity index (χ1) is 8.17. The number of nitriles is 1. The molecule has 0 saturated carbocycles. The van der Waals surface area contributed by atoms with Gasteiger partial charge in [-0.3, -0.25) is 0 Å². The lowest BCUT2D eigenvalue weighted by molar-refractivity contribution is 0.319. The van der Waals surface area contributed by atoms with Crippen molar-refractivity contribution in [2.45, 2.75) is 5.92 Å². The second-order valence-electron chi connectivity index (χ2n) is 3.41. The molecule has 0 saturated heterocycles. The van der Waals surface area contributed by atoms with E-state index in [-0.39, 0.29) is 0 Å². The Kier molecular flexibility index (Phi) is 3.27. The molecule has 1 aliphatic rings. The third-order valence-corrected chi connectivity index (χ3v) is 3.66. The summed E-state index contributed by atoms with van der Waals surface area (Å²) in [7, 11) is 0. The Bertz CT molecular complexity index is 545. The zero-order valence-corrected chi connectivity index (χ0v) is 10.2. The molecule has 86 valence electrons. The lowest BCUT2D eigenvalue weighted by Gasteiger charge is -2.10. The molecule has 0 amide bonds. The molecular weight excluding hydrogens is 258 g/mol. The standard InChI is InChI=1S/C11H8ClN3OS/c12-7-3-1-6(2-4-7)9-8(5-13)10(14)17-11(9)15-16/h1-4,9,16H,14H2/t9-/m1/s1. The van der Waals surface area contributed by atoms with Crippen LogP contribution in [0.15, 0.2) is 40.0 Å². The predicted molar refractivity (Wildman–Crippen MR) is 67.8 cm³/mol. The van der Waals surface area contributed by atoms with E-state index in [0.29, 0.717) is 20.7 Å². The normalized spacial score (nSPS) is 21.9. The molecule has 6 heteroatoms. The quantitative estimate of drug-likeness (QED) is 0.604. The highest BCUT2D eigenvalue weighted by atomic mass is 35.5. The summed E-state index contributed by atoms with van der Waals surface area (Å²) in [6, 6.07) is 9.07. The molecule has 1 aliphatic heterocycles. The smallest absolute Gasteiger partial charge is 0.131 e. The van der Waals surface area contributed by atoms with Gasteiger partial charge in [0.05, 0.1) is 22.6 Å². The van der Waals surface area contributed by atoms with Gasteiger partial charge in [-0.25, -0.2) is 0 Å². The van der Waals surface area contributed by atoms with Crippen LogP contribution in [0.25, 0.3) is 0 Å². The molecule has 0 fully saturated rings. The minimum atomic E-state index is -0.396. The van der Waals surface area contributed by atoms with Gasteiger partial charge in [0.2, 0.25) is 0 Å². The Balaban J connectivity index is 2.49. The average molecular weight is 266 g/mol. The van der Waals surface area contributed by atoms with E-state index in [1.54, 1.807) is 24.3 Å². The lowest BCUT2D eigenvalue weighted by atomic mass is 9.93. The molecule has 0 unspecified atom stereocenters. The van der Waals surface area contributed by atoms with Gasteiger partial charge in [-0.2, -0.15) is 5.26 Å². The highest BCUT2D eigenvalue weighted by Gasteiger charge is 2.33. The summed E-state index contributed by atoms with van der Waals surface area (Å²) in [5.74, 6) is -0.396. The van der Waals surface area contributed by atoms with Crippen LogP contribution in [0.1, 0.15) is 11.5 Å². The number of hydrogen-bond acceptors (Lipinski definition) is 5. The van der Waals surface area contributed by atoms with Crippen LogP contribution in [0, 0.1) is 11.3 Å². The average Bonchev–Trinajstić information content (AvgIpc) is 2.66. The van der Waals surface area contributed by atoms with Crippen LogP contribution in [0.3, 0.4) is 0 Å². The van der Waals surface area contributed by atoms with Crippen molar-refractivity contribution >= 4 is 28.4 Å². The number of halogens is 1. The first-order valence-corrected chi connectivity index (χ1v) is 5.91. The molecule has 0 bridgehead atoms. The maximum atomic E-state index is 9.07. The molecule has 4 nitrogen and oxygen atoms in total. The molecule has 0 radical (unpaired) electrons. The molecule has 0 aromatic heterocycles. The number of nitrogens with zero attached hydrogens (tertiary/aromatic N) is 2. The van der Waals surface area contributed by atoms with Gasteiger partial charge in [-0.15, -0.1) is 0 Å². The first kappa shape index (κ1) is 11.8. The Morgan fingerprint density at radius 3 is 2.59 bits per heavy atom. The Morgan fingerprint density at radius 2 is 2.06 bits per heavy atom. The van der Waals surface area contributed by atoms with Crippen LogP contribution in [0.4, 0.5) is 0 Å². The minimum absolute atomic E-state index is 0.375. The van der Waals surface area contributed by atoms with Gasteiger partial charge in [0, 0.05) is 5.02 Å². The number of allylic oxidation sites excluding steroid dienone is 1. The molecule has 17 heavy (non-hydrogen) atoms. The predicted octanol–water partition coefficient (Wildman–Crippen LogP) is 2.65. The van der Waals surface area contributed by atoms with Crippen LogP contribution < -0.4 is 5.73 Å². The van der Waals surface area contributed by atoms with Gasteiger partial charge >= 0.3 is 0 Å². The number of benzene rings is 1. The third kappa shape index (κ3) is 2.09. The lowest BCUT2D eigenvalue weighted by Crippen LogP contribution is -2.06. The summed E-state index contributed by atoms with van der Waals surface area (Å²) in [5, 5.41) is 22.6. The molecule has 1 heterocycles. The summed E-state index contributed by atoms with van der Waals surface area (Å²) in [6.07, 6.45) is 0. The van der Waals surface area contributed by atoms with Gasteiger partial charge in [-0.1, -0.05) is 40.7 Å². The van der Waals surface area contributed by atoms with E-state index in [4.69, 9.17) is 27.8 Å². The number of rotatable bonds is 1. The number of oxime groups is 1. The Labute approximate surface area is 107 Å². The van der Waals surface area contributed by atoms with Crippen molar-refractivity contribution in [3.05, 3.63) is 45.5 Å². The van der Waals surface area contributed by atoms with Crippen molar-refractivity contribution in [3.8, 4) is 6.07 Å². The van der Waals surface area contributed by atoms with Crippen molar-refractivity contribution in [2.75, 3.05) is 0 Å². The zero-order chi connectivity index (χ0) is 12.4. The molecule has 1 atom stereocenters. The largest absolute Gasteiger partial charge is 0.410 e. The van der Waals surface area contributed by atoms with Gasteiger partial charge in [0.1, 0.15) is 5.04 Å². The van der Waals surface area contributed by atoms with Gasteiger partial charge in [-0.05, 0) is 17.7 Å². The molecule has 2 rings (SSSR count). The summed E-state index contributed by atoms with van der Waals surface area (Å²) < 4.78 is 0. The van der Waals surface area contributed by atoms with E-state index in [2.05, 4.69) is 11.2 Å². The summed E-state index contributed by atoms with van der Waals surface area (Å²) >= 11 is 6.91. The van der Waals surface area contributed by atoms with E-state index in [1.165, 1.54) is 0 Å². The van der Waals surface area contributed by atoms with E-state index in [9.17, 15) is 0 Å². The molecular formula is C11H8ClN3OS. The zero-order valence-electron chi connectivity index (χ0n) is 8.59. The highest BCUT2D eigenvalue weighted by Crippen LogP contribution is 2.41. The van der Waals surface area contributed by atoms with Crippen LogP contribution in [-0.2, 0) is 0 Å². The topological polar surface area (TPSA) is 82.4 Å². The van der Waals surface area contributed by atoms with E-state index >= 15 is 0 Å². The first-order valence-electron chi connectivity index (χ1n) is 4.72. The molecule has 1 aromatic carbocycles. The van der Waals surface area contributed by atoms with E-state index < -0.39 is 5.92 Å². The number of thioether (sulfide) groups is 1. The molecule has 1 aromatic rings. The monoisotopic (exact) mass is 265 g/mol. The number of nitrogens with two attached hydrogens (primary N) is 1. The van der Waals surface area contributed by atoms with Gasteiger partial charge in [0.25, 0.3) is 0 Å². The Morgan fingerprint density at radius 1 is 1.41 bits per heavy atom. The Hall–Kier alpha value is -1.64. The van der Waals surface area contributed by atoms with E-state index in [1.807, 2.05) is 0 Å². The minimum Gasteiger partial charge on any atom is -0.410 e. The van der Waals surface area contributed by atoms with E-state index in [0.717, 1.165) is 17.3 Å². The summed E-state index contributed by atoms with van der Waals surface area (Å²) in [6.45, 7) is 0. The third-order valence-electron chi connectivity index (χ3n) is 2.44. The number of hydrogen-bond donors (Lipinski definition) is 2. The van der Waals surface area contributed by atoms with Gasteiger partial charge < -0.3 is 10.9 Å². The van der Waals surface area contributed by atoms with Crippen LogP contribution in [-0.4, -0.2) is 10.3 Å². The second-order valence-corrected chi connectivity index (χ2v) is 4.91. The fraction of sp³-hybridized carbons (Fsp3) is 0.0909. The fourth-order valence-electron chi connectivity index (χ4n) is 1.65. The maximum absolute atomic E-state index is 9.07. The van der Waals surface area contributed by atoms with Crippen molar-refractivity contribution in [1.82, 2.24) is 0 Å². The summed E-state index contributed by atoms with van der Waals surface area (Å²) in [4.78, 5) is 0. The molecule has 0 aliphatic carbocycles. The summed E-state index contributed by atoms with van der Waals surface area (Å²) in [5.41, 5.74) is 6.95. The van der Waals surface area contributed by atoms with Crippen molar-refractivity contribution < 1.29 is 5.21 Å². The SMILES string of the molecule is N#CC1=C(N)SC(=NO)[C@@H]1c1ccc(Cl)cc1. The van der Waals surface area contributed by atoms with Crippen molar-refractivity contribution in [1.29, 1.82) is 5.26 Å². The highest BCUT2D eigenvalue weighted by molar-refractivity contribution is 8.17. The van der Waals surface area contributed by atoms with Gasteiger partial charge in [0.15, 0.2) is 0 Å². The fourth-order valence-corrected chi connectivity index (χ4v) is 2.69. The van der Waals surface area contributed by atoms with Crippen molar-refractivity contribution in [3.63, 3.8) is 0 Å². The second kappa shape index (κ2) is 4.70. The molecule has 0 spiro atoms. The van der Waals surface area contributed by atoms with Crippen LogP contribution in [0.2, 0.25) is 5.02 Å². The molecule has 3 N–H and O–H groups in total. The maximum Gasteiger partial charge on any atom is 0.131 e.